The third-order valence-corrected chi connectivity index (χ3v) is 2.28. The van der Waals surface area contributed by atoms with Crippen molar-refractivity contribution in [3.8, 4) is 0 Å². The smallest absolute Gasteiger partial charge is 0.359 e. The number of guanidine groups is 1. The molecular formula is C11H13F4N3. The van der Waals surface area contributed by atoms with Crippen LogP contribution in [-0.4, -0.2) is 20.1 Å². The highest BCUT2D eigenvalue weighted by Crippen LogP contribution is 2.32. The van der Waals surface area contributed by atoms with Crippen LogP contribution in [0.2, 0.25) is 0 Å². The molecule has 0 atom stereocenters. The van der Waals surface area contributed by atoms with E-state index in [1.165, 1.54) is 7.05 Å². The number of benzene rings is 1. The van der Waals surface area contributed by atoms with Crippen LogP contribution < -0.4 is 10.6 Å². The van der Waals surface area contributed by atoms with Crippen molar-refractivity contribution in [3.63, 3.8) is 0 Å². The molecule has 0 aliphatic heterocycles. The summed E-state index contributed by atoms with van der Waals surface area (Å²) in [5.74, 6) is -0.559. The molecule has 0 aliphatic carbocycles. The van der Waals surface area contributed by atoms with Crippen molar-refractivity contribution in [3.05, 3.63) is 35.1 Å². The summed E-state index contributed by atoms with van der Waals surface area (Å²) in [5.41, 5.74) is -1.03. The molecule has 0 saturated carbocycles. The van der Waals surface area contributed by atoms with E-state index in [9.17, 15) is 17.6 Å². The Kier molecular flexibility index (Phi) is 4.52. The van der Waals surface area contributed by atoms with E-state index in [4.69, 9.17) is 0 Å². The second kappa shape index (κ2) is 5.70. The Morgan fingerprint density at radius 3 is 2.50 bits per heavy atom. The normalized spacial score (nSPS) is 12.4. The summed E-state index contributed by atoms with van der Waals surface area (Å²) in [5, 5.41) is 5.36. The van der Waals surface area contributed by atoms with Gasteiger partial charge in [0.05, 0.1) is 5.56 Å². The van der Waals surface area contributed by atoms with E-state index in [0.717, 1.165) is 12.1 Å². The molecule has 0 heterocycles. The van der Waals surface area contributed by atoms with E-state index in [2.05, 4.69) is 15.6 Å². The van der Waals surface area contributed by atoms with Gasteiger partial charge in [-0.1, -0.05) is 6.07 Å². The zero-order valence-electron chi connectivity index (χ0n) is 9.90. The van der Waals surface area contributed by atoms with Gasteiger partial charge in [-0.25, -0.2) is 4.39 Å². The maximum Gasteiger partial charge on any atom is 0.416 e. The lowest BCUT2D eigenvalue weighted by molar-refractivity contribution is -0.138. The molecule has 1 aromatic rings. The molecule has 0 radical (unpaired) electrons. The number of halogens is 4. The van der Waals surface area contributed by atoms with Gasteiger partial charge in [0.15, 0.2) is 5.96 Å². The number of nitrogens with one attached hydrogen (secondary N) is 2. The van der Waals surface area contributed by atoms with Crippen molar-refractivity contribution in [2.45, 2.75) is 12.7 Å². The highest BCUT2D eigenvalue weighted by atomic mass is 19.4. The van der Waals surface area contributed by atoms with Crippen LogP contribution in [0.15, 0.2) is 23.2 Å². The van der Waals surface area contributed by atoms with Crippen molar-refractivity contribution in [2.75, 3.05) is 14.1 Å². The summed E-state index contributed by atoms with van der Waals surface area (Å²) >= 11 is 0. The molecule has 0 spiro atoms. The Balaban J connectivity index is 2.95. The van der Waals surface area contributed by atoms with E-state index >= 15 is 0 Å². The first-order chi connectivity index (χ1) is 8.38. The maximum absolute atomic E-state index is 12.9. The van der Waals surface area contributed by atoms with Crippen molar-refractivity contribution < 1.29 is 17.6 Å². The van der Waals surface area contributed by atoms with Crippen molar-refractivity contribution in [1.29, 1.82) is 0 Å². The lowest BCUT2D eigenvalue weighted by Gasteiger charge is -2.14. The first-order valence-electron chi connectivity index (χ1n) is 5.12. The summed E-state index contributed by atoms with van der Waals surface area (Å²) < 4.78 is 50.9. The predicted octanol–water partition coefficient (Wildman–Crippen LogP) is 2.14. The summed E-state index contributed by atoms with van der Waals surface area (Å²) in [7, 11) is 3.08. The van der Waals surface area contributed by atoms with E-state index < -0.39 is 17.6 Å². The monoisotopic (exact) mass is 263 g/mol. The van der Waals surface area contributed by atoms with Crippen LogP contribution in [0.5, 0.6) is 0 Å². The number of rotatable bonds is 2. The van der Waals surface area contributed by atoms with Gasteiger partial charge in [0.2, 0.25) is 0 Å². The summed E-state index contributed by atoms with van der Waals surface area (Å²) in [6, 6.07) is 2.58. The minimum absolute atomic E-state index is 0.0414. The van der Waals surface area contributed by atoms with Gasteiger partial charge in [0.1, 0.15) is 5.82 Å². The van der Waals surface area contributed by atoms with Crippen LogP contribution in [0.4, 0.5) is 17.6 Å². The van der Waals surface area contributed by atoms with Gasteiger partial charge in [-0.05, 0) is 17.7 Å². The molecule has 18 heavy (non-hydrogen) atoms. The fourth-order valence-corrected chi connectivity index (χ4v) is 1.42. The van der Waals surface area contributed by atoms with Gasteiger partial charge >= 0.3 is 6.18 Å². The number of alkyl halides is 3. The van der Waals surface area contributed by atoms with Gasteiger partial charge in [-0.15, -0.1) is 0 Å². The summed E-state index contributed by atoms with van der Waals surface area (Å²) in [6.45, 7) is -0.0946. The standard InChI is InChI=1S/C11H13F4N3/c1-16-10(17-2)18-6-7-3-4-8(12)5-9(7)11(13,14)15/h3-5H,6H2,1-2H3,(H2,16,17,18). The molecule has 3 nitrogen and oxygen atoms in total. The molecule has 0 fully saturated rings. The number of hydrogen-bond acceptors (Lipinski definition) is 1. The summed E-state index contributed by atoms with van der Waals surface area (Å²) in [6.07, 6.45) is -4.58. The van der Waals surface area contributed by atoms with Crippen molar-refractivity contribution in [2.24, 2.45) is 4.99 Å². The average molecular weight is 263 g/mol. The molecule has 7 heteroatoms. The van der Waals surface area contributed by atoms with Gasteiger partial charge in [0.25, 0.3) is 0 Å². The van der Waals surface area contributed by atoms with Crippen LogP contribution in [0.3, 0.4) is 0 Å². The minimum Gasteiger partial charge on any atom is -0.359 e. The van der Waals surface area contributed by atoms with Crippen LogP contribution in [-0.2, 0) is 12.7 Å². The molecule has 0 unspecified atom stereocenters. The van der Waals surface area contributed by atoms with Crippen LogP contribution in [0.25, 0.3) is 0 Å². The first-order valence-corrected chi connectivity index (χ1v) is 5.12. The zero-order valence-corrected chi connectivity index (χ0v) is 9.90. The van der Waals surface area contributed by atoms with E-state index in [1.54, 1.807) is 7.05 Å². The van der Waals surface area contributed by atoms with Crippen molar-refractivity contribution >= 4 is 5.96 Å². The second-order valence-corrected chi connectivity index (χ2v) is 3.47. The second-order valence-electron chi connectivity index (χ2n) is 3.47. The Labute approximate surface area is 102 Å². The fraction of sp³-hybridized carbons (Fsp3) is 0.364. The van der Waals surface area contributed by atoms with Crippen LogP contribution in [0, 0.1) is 5.82 Å². The molecule has 1 rings (SSSR count). The Morgan fingerprint density at radius 1 is 1.33 bits per heavy atom. The van der Waals surface area contributed by atoms with Gasteiger partial charge < -0.3 is 10.6 Å². The lowest BCUT2D eigenvalue weighted by atomic mass is 10.1. The van der Waals surface area contributed by atoms with Crippen LogP contribution in [0.1, 0.15) is 11.1 Å². The van der Waals surface area contributed by atoms with Crippen molar-refractivity contribution in [1.82, 2.24) is 10.6 Å². The molecule has 2 N–H and O–H groups in total. The molecule has 0 saturated heterocycles. The average Bonchev–Trinajstić information content (AvgIpc) is 2.30. The van der Waals surface area contributed by atoms with E-state index in [0.29, 0.717) is 12.0 Å². The lowest BCUT2D eigenvalue weighted by Crippen LogP contribution is -2.34. The minimum atomic E-state index is -4.58. The highest BCUT2D eigenvalue weighted by Gasteiger charge is 2.33. The number of aliphatic imine (C=N–C) groups is 1. The molecule has 0 bridgehead atoms. The van der Waals surface area contributed by atoms with Crippen LogP contribution >= 0.6 is 0 Å². The largest absolute Gasteiger partial charge is 0.416 e. The third kappa shape index (κ3) is 3.61. The Morgan fingerprint density at radius 2 is 2.00 bits per heavy atom. The molecule has 1 aromatic carbocycles. The number of nitrogens with zero attached hydrogens (tertiary/aromatic N) is 1. The van der Waals surface area contributed by atoms with E-state index in [-0.39, 0.29) is 12.1 Å². The summed E-state index contributed by atoms with van der Waals surface area (Å²) in [4.78, 5) is 3.77. The van der Waals surface area contributed by atoms with Gasteiger partial charge in [-0.3, -0.25) is 4.99 Å². The third-order valence-electron chi connectivity index (χ3n) is 2.28. The Bertz CT molecular complexity index is 440. The molecule has 0 aromatic heterocycles. The predicted molar refractivity (Wildman–Crippen MR) is 60.7 cm³/mol. The first kappa shape index (κ1) is 14.3. The Hall–Kier alpha value is -1.79. The SMILES string of the molecule is CN=C(NC)NCc1ccc(F)cc1C(F)(F)F. The fourth-order valence-electron chi connectivity index (χ4n) is 1.42. The number of hydrogen-bond donors (Lipinski definition) is 2. The van der Waals surface area contributed by atoms with E-state index in [1.807, 2.05) is 0 Å². The molecule has 0 amide bonds. The quantitative estimate of drug-likeness (QED) is 0.487. The van der Waals surface area contributed by atoms with Gasteiger partial charge in [0, 0.05) is 20.6 Å². The molecule has 100 valence electrons. The zero-order chi connectivity index (χ0) is 13.8. The highest BCUT2D eigenvalue weighted by molar-refractivity contribution is 5.79. The van der Waals surface area contributed by atoms with Gasteiger partial charge in [-0.2, -0.15) is 13.2 Å². The molecular weight excluding hydrogens is 250 g/mol. The maximum atomic E-state index is 12.9. The molecule has 0 aliphatic rings. The topological polar surface area (TPSA) is 36.4 Å².